The zero-order chi connectivity index (χ0) is 36.5. The van der Waals surface area contributed by atoms with Crippen molar-refractivity contribution in [3.63, 3.8) is 0 Å². The smallest absolute Gasteiger partial charge is 0.351 e. The quantitative estimate of drug-likeness (QED) is 0.156. The van der Waals surface area contributed by atoms with Gasteiger partial charge in [0, 0.05) is 48.2 Å². The summed E-state index contributed by atoms with van der Waals surface area (Å²) in [7, 11) is 0. The highest BCUT2D eigenvalue weighted by atomic mass is 19.2. The summed E-state index contributed by atoms with van der Waals surface area (Å²) < 4.78 is 79.9. The summed E-state index contributed by atoms with van der Waals surface area (Å²) in [4.78, 5) is 55.5. The van der Waals surface area contributed by atoms with Crippen LogP contribution in [-0.4, -0.2) is 53.1 Å². The average Bonchev–Trinajstić information content (AvgIpc) is 3.42. The largest absolute Gasteiger partial charge is 0.385 e. The third-order valence-electron chi connectivity index (χ3n) is 9.48. The Bertz CT molecular complexity index is 2290. The molecule has 4 aromatic rings. The van der Waals surface area contributed by atoms with E-state index in [2.05, 4.69) is 0 Å². The van der Waals surface area contributed by atoms with Crippen molar-refractivity contribution in [2.24, 2.45) is 11.7 Å². The third-order valence-corrected chi connectivity index (χ3v) is 9.48. The molecule has 9 nitrogen and oxygen atoms in total. The molecule has 50 heavy (non-hydrogen) atoms. The van der Waals surface area contributed by atoms with Gasteiger partial charge >= 0.3 is 11.9 Å². The lowest BCUT2D eigenvalue weighted by molar-refractivity contribution is 0.0394. The van der Waals surface area contributed by atoms with Gasteiger partial charge in [-0.3, -0.25) is 9.59 Å². The van der Waals surface area contributed by atoms with Crippen LogP contribution >= 0.6 is 0 Å². The Morgan fingerprint density at radius 2 is 1.32 bits per heavy atom. The minimum Gasteiger partial charge on any atom is -0.385 e. The summed E-state index contributed by atoms with van der Waals surface area (Å²) in [6.07, 6.45) is 9.27. The van der Waals surface area contributed by atoms with E-state index < -0.39 is 86.7 Å². The molecule has 2 aromatic carbocycles. The summed E-state index contributed by atoms with van der Waals surface area (Å²) in [6.45, 7) is 4.25. The number of pyridine rings is 2. The van der Waals surface area contributed by atoms with Crippen molar-refractivity contribution in [1.82, 2.24) is 9.13 Å². The fourth-order valence-electron chi connectivity index (χ4n) is 6.46. The molecule has 1 fully saturated rings. The lowest BCUT2D eigenvalue weighted by Gasteiger charge is -2.29. The van der Waals surface area contributed by atoms with E-state index in [4.69, 9.17) is 10.5 Å². The number of fused-ring (bicyclic) bond motifs is 3. The van der Waals surface area contributed by atoms with Crippen molar-refractivity contribution in [2.75, 3.05) is 31.3 Å². The predicted molar refractivity (Wildman–Crippen MR) is 178 cm³/mol. The number of esters is 2. The van der Waals surface area contributed by atoms with Crippen molar-refractivity contribution in [3.05, 3.63) is 110 Å². The SMILES string of the molecule is CC(C)(CF)n1cc(C(=O)OC(=O)c2cn(C(C)(C)CF)c3cc(N4CC5C=CC=CC5(N)C4)c(F)cc3c2=O)c(=O)c2cc(F)c(F)cc21. The third kappa shape index (κ3) is 5.60. The van der Waals surface area contributed by atoms with Gasteiger partial charge in [-0.05, 0) is 45.9 Å². The van der Waals surface area contributed by atoms with Crippen LogP contribution in [0.1, 0.15) is 48.4 Å². The molecule has 0 amide bonds. The van der Waals surface area contributed by atoms with Crippen molar-refractivity contribution >= 4 is 39.4 Å². The summed E-state index contributed by atoms with van der Waals surface area (Å²) >= 11 is 0. The first-order chi connectivity index (χ1) is 23.4. The number of halogens is 5. The molecule has 2 aromatic heterocycles. The van der Waals surface area contributed by atoms with Crippen LogP contribution in [-0.2, 0) is 15.8 Å². The fraction of sp³-hybridized carbons (Fsp3) is 0.333. The number of carbonyl (C=O) groups is 2. The van der Waals surface area contributed by atoms with Crippen molar-refractivity contribution < 1.29 is 36.3 Å². The number of benzene rings is 2. The number of ether oxygens (including phenoxy) is 1. The zero-order valence-electron chi connectivity index (χ0n) is 27.5. The van der Waals surface area contributed by atoms with E-state index in [1.165, 1.54) is 38.3 Å². The van der Waals surface area contributed by atoms with Crippen molar-refractivity contribution in [2.45, 2.75) is 44.3 Å². The highest BCUT2D eigenvalue weighted by Gasteiger charge is 2.42. The van der Waals surface area contributed by atoms with E-state index >= 15 is 4.39 Å². The van der Waals surface area contributed by atoms with Crippen LogP contribution in [0, 0.1) is 23.4 Å². The van der Waals surface area contributed by atoms with Gasteiger partial charge in [0.25, 0.3) is 0 Å². The fourth-order valence-corrected chi connectivity index (χ4v) is 6.46. The normalized spacial score (nSPS) is 19.0. The first kappa shape index (κ1) is 34.7. The van der Waals surface area contributed by atoms with E-state index in [1.807, 2.05) is 24.3 Å². The minimum atomic E-state index is -1.58. The number of rotatable bonds is 7. The zero-order valence-corrected chi connectivity index (χ0v) is 27.5. The maximum absolute atomic E-state index is 15.8. The second kappa shape index (κ2) is 12.0. The van der Waals surface area contributed by atoms with Crippen LogP contribution in [0.15, 0.2) is 70.6 Å². The van der Waals surface area contributed by atoms with Gasteiger partial charge in [0.2, 0.25) is 10.9 Å². The Balaban J connectivity index is 1.44. The maximum Gasteiger partial charge on any atom is 0.351 e. The molecular formula is C36H33F5N4O5. The number of allylic oxidation sites excluding steroid dienone is 2. The Kier molecular flexibility index (Phi) is 8.37. The summed E-state index contributed by atoms with van der Waals surface area (Å²) in [6, 6.07) is 3.51. The lowest BCUT2D eigenvalue weighted by Crippen LogP contribution is -2.46. The molecule has 2 aliphatic rings. The number of nitrogens with zero attached hydrogens (tertiary/aromatic N) is 3. The number of nitrogens with two attached hydrogens (primary N) is 1. The molecule has 1 saturated heterocycles. The van der Waals surface area contributed by atoms with Gasteiger partial charge in [-0.1, -0.05) is 24.3 Å². The Hall–Kier alpha value is -5.11. The Morgan fingerprint density at radius 3 is 1.84 bits per heavy atom. The molecule has 14 heteroatoms. The molecule has 3 heterocycles. The van der Waals surface area contributed by atoms with Gasteiger partial charge in [0.05, 0.1) is 33.3 Å². The molecule has 1 aliphatic carbocycles. The van der Waals surface area contributed by atoms with Crippen LogP contribution < -0.4 is 21.5 Å². The second-order valence-electron chi connectivity index (χ2n) is 14.0. The van der Waals surface area contributed by atoms with Gasteiger partial charge in [-0.25, -0.2) is 31.5 Å². The summed E-state index contributed by atoms with van der Waals surface area (Å²) in [5, 5.41) is -0.815. The van der Waals surface area contributed by atoms with Crippen LogP contribution in [0.4, 0.5) is 27.6 Å². The highest BCUT2D eigenvalue weighted by Crippen LogP contribution is 2.37. The molecule has 0 radical (unpaired) electrons. The number of carbonyl (C=O) groups excluding carboxylic acids is 2. The van der Waals surface area contributed by atoms with Crippen LogP contribution in [0.25, 0.3) is 21.8 Å². The van der Waals surface area contributed by atoms with E-state index in [0.29, 0.717) is 18.7 Å². The molecule has 6 rings (SSSR count). The van der Waals surface area contributed by atoms with E-state index in [9.17, 15) is 36.7 Å². The number of anilines is 1. The van der Waals surface area contributed by atoms with E-state index in [1.54, 1.807) is 4.90 Å². The minimum absolute atomic E-state index is 0.0871. The number of hydrogen-bond donors (Lipinski definition) is 1. The summed E-state index contributed by atoms with van der Waals surface area (Å²) in [5.74, 6) is -6.80. The number of aromatic nitrogens is 2. The monoisotopic (exact) mass is 696 g/mol. The van der Waals surface area contributed by atoms with Crippen LogP contribution in [0.5, 0.6) is 0 Å². The Morgan fingerprint density at radius 1 is 0.820 bits per heavy atom. The van der Waals surface area contributed by atoms with Crippen molar-refractivity contribution in [1.29, 1.82) is 0 Å². The topological polar surface area (TPSA) is 117 Å². The van der Waals surface area contributed by atoms with E-state index in [-0.39, 0.29) is 34.6 Å². The standard InChI is InChI=1S/C36H33F5N4O5/c1-34(2,16-37)44-14-22(30(46)20-9-24(39)25(40)11-27(20)44)32(48)50-33(49)23-15-45(35(3,4)17-38)28-12-29(26(41)10-21(28)31(23)47)43-13-19-7-5-6-8-36(19,42)18-43/h5-12,14-15,19H,13,16-18,42H2,1-4H3. The first-order valence-corrected chi connectivity index (χ1v) is 15.6. The molecule has 0 saturated carbocycles. The molecular weight excluding hydrogens is 663 g/mol. The molecule has 1 aliphatic heterocycles. The van der Waals surface area contributed by atoms with Crippen LogP contribution in [0.3, 0.4) is 0 Å². The molecule has 2 unspecified atom stereocenters. The van der Waals surface area contributed by atoms with Gasteiger partial charge in [-0.15, -0.1) is 0 Å². The van der Waals surface area contributed by atoms with E-state index in [0.717, 1.165) is 23.0 Å². The second-order valence-corrected chi connectivity index (χ2v) is 14.0. The van der Waals surface area contributed by atoms with Gasteiger partial charge in [-0.2, -0.15) is 0 Å². The first-order valence-electron chi connectivity index (χ1n) is 15.6. The maximum atomic E-state index is 15.8. The van der Waals surface area contributed by atoms with Gasteiger partial charge in [0.15, 0.2) is 11.6 Å². The van der Waals surface area contributed by atoms with Gasteiger partial charge in [0.1, 0.15) is 30.3 Å². The van der Waals surface area contributed by atoms with Crippen LogP contribution in [0.2, 0.25) is 0 Å². The highest BCUT2D eigenvalue weighted by molar-refractivity contribution is 6.05. The molecule has 2 atom stereocenters. The Labute approximate surface area is 282 Å². The molecule has 0 spiro atoms. The lowest BCUT2D eigenvalue weighted by atomic mass is 9.85. The van der Waals surface area contributed by atoms with Gasteiger partial charge < -0.3 is 24.5 Å². The summed E-state index contributed by atoms with van der Waals surface area (Å²) in [5.41, 5.74) is -0.921. The molecule has 262 valence electrons. The number of alkyl halides is 2. The predicted octanol–water partition coefficient (Wildman–Crippen LogP) is 5.40. The molecule has 0 bridgehead atoms. The van der Waals surface area contributed by atoms with Crippen molar-refractivity contribution in [3.8, 4) is 0 Å². The number of hydrogen-bond acceptors (Lipinski definition) is 7. The average molecular weight is 697 g/mol. The molecule has 2 N–H and O–H groups in total.